The van der Waals surface area contributed by atoms with E-state index < -0.39 is 0 Å². The van der Waals surface area contributed by atoms with Gasteiger partial charge < -0.3 is 14.4 Å². The Hall–Kier alpha value is -2.08. The Kier molecular flexibility index (Phi) is 6.42. The van der Waals surface area contributed by atoms with Crippen LogP contribution in [0, 0.1) is 6.92 Å². The summed E-state index contributed by atoms with van der Waals surface area (Å²) in [6.45, 7) is 9.21. The minimum atomic E-state index is 0.0270. The monoisotopic (exact) mass is 362 g/mol. The first kappa shape index (κ1) is 19.2. The molecule has 0 aliphatic rings. The van der Waals surface area contributed by atoms with Crippen molar-refractivity contribution < 1.29 is 14.3 Å². The molecule has 0 unspecified atom stereocenters. The highest BCUT2D eigenvalue weighted by atomic mass is 32.1. The third-order valence-electron chi connectivity index (χ3n) is 3.99. The first-order valence-electron chi connectivity index (χ1n) is 8.38. The molecule has 1 amide bonds. The van der Waals surface area contributed by atoms with E-state index in [0.29, 0.717) is 30.5 Å². The Morgan fingerprint density at radius 1 is 1.24 bits per heavy atom. The van der Waals surface area contributed by atoms with E-state index in [1.165, 1.54) is 11.3 Å². The molecule has 2 aromatic rings. The number of benzene rings is 1. The lowest BCUT2D eigenvalue weighted by molar-refractivity contribution is 0.0756. The van der Waals surface area contributed by atoms with E-state index in [1.807, 2.05) is 36.9 Å². The lowest BCUT2D eigenvalue weighted by Crippen LogP contribution is -2.30. The van der Waals surface area contributed by atoms with Crippen LogP contribution >= 0.6 is 11.3 Å². The summed E-state index contributed by atoms with van der Waals surface area (Å²) in [5.41, 5.74) is 1.81. The highest BCUT2D eigenvalue weighted by Crippen LogP contribution is 2.29. The molecule has 0 bridgehead atoms. The van der Waals surface area contributed by atoms with Crippen molar-refractivity contribution in [2.75, 3.05) is 20.8 Å². The van der Waals surface area contributed by atoms with Crippen LogP contribution in [0.25, 0.3) is 0 Å². The summed E-state index contributed by atoms with van der Waals surface area (Å²) in [5, 5.41) is 1.00. The number of methoxy groups -OCH3 is 2. The second-order valence-electron chi connectivity index (χ2n) is 6.13. The average molecular weight is 362 g/mol. The molecule has 136 valence electrons. The van der Waals surface area contributed by atoms with Gasteiger partial charge in [0.15, 0.2) is 11.5 Å². The first-order chi connectivity index (χ1) is 11.9. The lowest BCUT2D eigenvalue weighted by Gasteiger charge is -2.21. The molecule has 0 atom stereocenters. The summed E-state index contributed by atoms with van der Waals surface area (Å²) in [6.07, 6.45) is 0. The largest absolute Gasteiger partial charge is 0.493 e. The number of nitrogens with zero attached hydrogens (tertiary/aromatic N) is 2. The summed E-state index contributed by atoms with van der Waals surface area (Å²) in [4.78, 5) is 20.0. The number of carbonyl (C=O) groups excluding carboxylic acids is 1. The molecular weight excluding hydrogens is 336 g/mol. The molecule has 0 N–H and O–H groups in total. The number of aromatic nitrogens is 1. The topological polar surface area (TPSA) is 51.7 Å². The smallest absolute Gasteiger partial charge is 0.266 e. The van der Waals surface area contributed by atoms with E-state index >= 15 is 0 Å². The second-order valence-corrected chi connectivity index (χ2v) is 7.16. The lowest BCUT2D eigenvalue weighted by atomic mass is 10.1. The second kappa shape index (κ2) is 8.34. The van der Waals surface area contributed by atoms with Gasteiger partial charge >= 0.3 is 0 Å². The minimum absolute atomic E-state index is 0.0270. The fraction of sp³-hybridized carbons (Fsp3) is 0.474. The van der Waals surface area contributed by atoms with Crippen LogP contribution in [0.1, 0.15) is 52.6 Å². The fourth-order valence-corrected chi connectivity index (χ4v) is 3.57. The van der Waals surface area contributed by atoms with E-state index in [1.54, 1.807) is 14.2 Å². The summed E-state index contributed by atoms with van der Waals surface area (Å²) in [5.74, 6) is 1.70. The van der Waals surface area contributed by atoms with Gasteiger partial charge in [-0.05, 0) is 31.5 Å². The molecule has 5 nitrogen and oxygen atoms in total. The molecule has 25 heavy (non-hydrogen) atoms. The SMILES string of the molecule is CCN(Cc1ccc(OC)c(OC)c1)C(=O)c1sc(C(C)C)nc1C. The number of ether oxygens (including phenoxy) is 2. The van der Waals surface area contributed by atoms with Gasteiger partial charge in [0.25, 0.3) is 5.91 Å². The zero-order valence-electron chi connectivity index (χ0n) is 15.8. The summed E-state index contributed by atoms with van der Waals surface area (Å²) < 4.78 is 10.6. The van der Waals surface area contributed by atoms with Crippen molar-refractivity contribution in [2.45, 2.75) is 40.2 Å². The van der Waals surface area contributed by atoms with E-state index in [2.05, 4.69) is 18.8 Å². The van der Waals surface area contributed by atoms with Crippen LogP contribution in [-0.2, 0) is 6.54 Å². The Bertz CT molecular complexity index is 740. The van der Waals surface area contributed by atoms with Gasteiger partial charge in [-0.2, -0.15) is 0 Å². The molecule has 0 radical (unpaired) electrons. The number of aryl methyl sites for hydroxylation is 1. The van der Waals surface area contributed by atoms with Crippen molar-refractivity contribution in [1.82, 2.24) is 9.88 Å². The maximum atomic E-state index is 13.0. The normalized spacial score (nSPS) is 10.8. The van der Waals surface area contributed by atoms with Crippen molar-refractivity contribution in [1.29, 1.82) is 0 Å². The third-order valence-corrected chi connectivity index (χ3v) is 5.44. The number of hydrogen-bond donors (Lipinski definition) is 0. The Morgan fingerprint density at radius 2 is 1.92 bits per heavy atom. The Morgan fingerprint density at radius 3 is 2.44 bits per heavy atom. The Labute approximate surface area is 153 Å². The molecule has 1 aromatic carbocycles. The van der Waals surface area contributed by atoms with Crippen LogP contribution in [0.5, 0.6) is 11.5 Å². The molecule has 1 heterocycles. The molecule has 0 fully saturated rings. The summed E-state index contributed by atoms with van der Waals surface area (Å²) in [7, 11) is 3.22. The van der Waals surface area contributed by atoms with Crippen molar-refractivity contribution in [3.63, 3.8) is 0 Å². The van der Waals surface area contributed by atoms with Gasteiger partial charge in [0.05, 0.1) is 24.9 Å². The number of amides is 1. The highest BCUT2D eigenvalue weighted by Gasteiger charge is 2.22. The van der Waals surface area contributed by atoms with Gasteiger partial charge in [0, 0.05) is 19.0 Å². The molecule has 0 aliphatic heterocycles. The number of carbonyl (C=O) groups is 1. The van der Waals surface area contributed by atoms with Gasteiger partial charge in [-0.1, -0.05) is 19.9 Å². The minimum Gasteiger partial charge on any atom is -0.493 e. The van der Waals surface area contributed by atoms with Crippen molar-refractivity contribution in [2.24, 2.45) is 0 Å². The molecular formula is C19H26N2O3S. The van der Waals surface area contributed by atoms with Gasteiger partial charge in [-0.3, -0.25) is 4.79 Å². The van der Waals surface area contributed by atoms with Gasteiger partial charge in [0.1, 0.15) is 4.88 Å². The molecule has 2 rings (SSSR count). The maximum absolute atomic E-state index is 13.0. The van der Waals surface area contributed by atoms with Crippen LogP contribution in [0.3, 0.4) is 0 Å². The predicted molar refractivity (Wildman–Crippen MR) is 101 cm³/mol. The molecule has 0 aliphatic carbocycles. The van der Waals surface area contributed by atoms with Crippen LogP contribution in [0.15, 0.2) is 18.2 Å². The van der Waals surface area contributed by atoms with Crippen LogP contribution < -0.4 is 9.47 Å². The van der Waals surface area contributed by atoms with Crippen molar-refractivity contribution >= 4 is 17.2 Å². The van der Waals surface area contributed by atoms with Gasteiger partial charge in [-0.25, -0.2) is 4.98 Å². The van der Waals surface area contributed by atoms with Gasteiger partial charge in [0.2, 0.25) is 0 Å². The maximum Gasteiger partial charge on any atom is 0.266 e. The number of rotatable bonds is 7. The highest BCUT2D eigenvalue weighted by molar-refractivity contribution is 7.13. The van der Waals surface area contributed by atoms with Crippen molar-refractivity contribution in [3.05, 3.63) is 39.3 Å². The van der Waals surface area contributed by atoms with Crippen LogP contribution in [0.4, 0.5) is 0 Å². The molecule has 6 heteroatoms. The fourth-order valence-electron chi connectivity index (χ4n) is 2.53. The Balaban J connectivity index is 2.23. The van der Waals surface area contributed by atoms with Crippen LogP contribution in [0.2, 0.25) is 0 Å². The molecule has 1 aromatic heterocycles. The predicted octanol–water partition coefficient (Wildman–Crippen LogP) is 4.25. The zero-order chi connectivity index (χ0) is 18.6. The van der Waals surface area contributed by atoms with E-state index in [0.717, 1.165) is 21.1 Å². The molecule has 0 saturated carbocycles. The van der Waals surface area contributed by atoms with Crippen LogP contribution in [-0.4, -0.2) is 36.6 Å². The van der Waals surface area contributed by atoms with Gasteiger partial charge in [-0.15, -0.1) is 11.3 Å². The van der Waals surface area contributed by atoms with Crippen molar-refractivity contribution in [3.8, 4) is 11.5 Å². The van der Waals surface area contributed by atoms with E-state index in [-0.39, 0.29) is 5.91 Å². The first-order valence-corrected chi connectivity index (χ1v) is 9.20. The molecule has 0 spiro atoms. The average Bonchev–Trinajstić information content (AvgIpc) is 3.00. The quantitative estimate of drug-likeness (QED) is 0.739. The number of thiazole rings is 1. The standard InChI is InChI=1S/C19H26N2O3S/c1-7-21(11-14-8-9-15(23-5)16(10-14)24-6)19(22)17-13(4)20-18(25-17)12(2)3/h8-10,12H,7,11H2,1-6H3. The van der Waals surface area contributed by atoms with E-state index in [4.69, 9.17) is 9.47 Å². The summed E-state index contributed by atoms with van der Waals surface area (Å²) >= 11 is 1.50. The number of hydrogen-bond acceptors (Lipinski definition) is 5. The molecule has 0 saturated heterocycles. The zero-order valence-corrected chi connectivity index (χ0v) is 16.6. The third kappa shape index (κ3) is 4.31. The summed E-state index contributed by atoms with van der Waals surface area (Å²) in [6, 6.07) is 5.73. The van der Waals surface area contributed by atoms with E-state index in [9.17, 15) is 4.79 Å².